The number of carbonyl (C=O) groups is 1. The van der Waals surface area contributed by atoms with E-state index >= 15 is 0 Å². The monoisotopic (exact) mass is 328 g/mol. The van der Waals surface area contributed by atoms with Gasteiger partial charge in [-0.15, -0.1) is 0 Å². The molecule has 6 nitrogen and oxygen atoms in total. The minimum absolute atomic E-state index is 0.0506. The Kier molecular flexibility index (Phi) is 4.83. The number of nitrogens with zero attached hydrogens (tertiary/aromatic N) is 4. The quantitative estimate of drug-likeness (QED) is 0.860. The molecule has 3 rings (SSSR count). The zero-order valence-electron chi connectivity index (χ0n) is 14.3. The Bertz CT molecular complexity index is 755. The highest BCUT2D eigenvalue weighted by atomic mass is 16.2. The van der Waals surface area contributed by atoms with E-state index in [0.717, 1.165) is 37.3 Å². The molecule has 1 aromatic carbocycles. The first-order chi connectivity index (χ1) is 11.6. The van der Waals surface area contributed by atoms with Crippen molar-refractivity contribution in [1.82, 2.24) is 19.2 Å². The molecule has 1 amide bonds. The molecule has 128 valence electrons. The van der Waals surface area contributed by atoms with Gasteiger partial charge in [0.05, 0.1) is 6.54 Å². The van der Waals surface area contributed by atoms with Crippen molar-refractivity contribution >= 4 is 5.91 Å². The van der Waals surface area contributed by atoms with Gasteiger partial charge in [-0.1, -0.05) is 30.3 Å². The summed E-state index contributed by atoms with van der Waals surface area (Å²) in [6.07, 6.45) is 1.72. The minimum atomic E-state index is -0.0506. The van der Waals surface area contributed by atoms with Crippen LogP contribution in [0.3, 0.4) is 0 Å². The Labute approximate surface area is 141 Å². The van der Waals surface area contributed by atoms with Crippen molar-refractivity contribution in [2.45, 2.75) is 45.7 Å². The Morgan fingerprint density at radius 1 is 1.21 bits per heavy atom. The Balaban J connectivity index is 1.83. The molecule has 0 bridgehead atoms. The number of piperidine rings is 1. The third-order valence-electron chi connectivity index (χ3n) is 4.75. The molecule has 0 spiro atoms. The highest BCUT2D eigenvalue weighted by Gasteiger charge is 2.27. The lowest BCUT2D eigenvalue weighted by atomic mass is 9.96. The van der Waals surface area contributed by atoms with E-state index in [-0.39, 0.29) is 17.5 Å². The van der Waals surface area contributed by atoms with E-state index in [9.17, 15) is 9.59 Å². The highest BCUT2D eigenvalue weighted by molar-refractivity contribution is 5.73. The second kappa shape index (κ2) is 7.03. The van der Waals surface area contributed by atoms with E-state index in [1.807, 2.05) is 42.2 Å². The van der Waals surface area contributed by atoms with Crippen molar-refractivity contribution in [3.8, 4) is 0 Å². The Morgan fingerprint density at radius 2 is 1.88 bits per heavy atom. The van der Waals surface area contributed by atoms with Crippen molar-refractivity contribution in [3.63, 3.8) is 0 Å². The first kappa shape index (κ1) is 16.5. The summed E-state index contributed by atoms with van der Waals surface area (Å²) in [6.45, 7) is 6.18. The maximum absolute atomic E-state index is 12.6. The fourth-order valence-electron chi connectivity index (χ4n) is 3.37. The van der Waals surface area contributed by atoms with E-state index in [1.165, 1.54) is 0 Å². The third kappa shape index (κ3) is 3.27. The van der Waals surface area contributed by atoms with Crippen LogP contribution in [0.4, 0.5) is 0 Å². The number of benzene rings is 1. The second-order valence-corrected chi connectivity index (χ2v) is 6.31. The molecule has 2 aromatic rings. The molecule has 1 fully saturated rings. The summed E-state index contributed by atoms with van der Waals surface area (Å²) in [4.78, 5) is 26.0. The van der Waals surface area contributed by atoms with E-state index in [1.54, 1.807) is 16.2 Å². The van der Waals surface area contributed by atoms with Crippen LogP contribution in [0.25, 0.3) is 0 Å². The molecule has 0 atom stereocenters. The number of likely N-dealkylation sites (tertiary alicyclic amines) is 1. The summed E-state index contributed by atoms with van der Waals surface area (Å²) in [5.74, 6) is 1.22. The highest BCUT2D eigenvalue weighted by Crippen LogP contribution is 2.26. The molecule has 6 heteroatoms. The first-order valence-electron chi connectivity index (χ1n) is 8.57. The topological polar surface area (TPSA) is 60.1 Å². The van der Waals surface area contributed by atoms with Gasteiger partial charge >= 0.3 is 5.69 Å². The lowest BCUT2D eigenvalue weighted by Crippen LogP contribution is -2.37. The Morgan fingerprint density at radius 3 is 2.46 bits per heavy atom. The molecule has 0 radical (unpaired) electrons. The predicted octanol–water partition coefficient (Wildman–Crippen LogP) is 1.84. The van der Waals surface area contributed by atoms with E-state index in [4.69, 9.17) is 0 Å². The van der Waals surface area contributed by atoms with Gasteiger partial charge in [-0.05, 0) is 25.3 Å². The molecular formula is C18H24N4O2. The molecule has 24 heavy (non-hydrogen) atoms. The fourth-order valence-corrected chi connectivity index (χ4v) is 3.37. The van der Waals surface area contributed by atoms with Gasteiger partial charge < -0.3 is 4.90 Å². The van der Waals surface area contributed by atoms with Crippen molar-refractivity contribution in [2.75, 3.05) is 13.1 Å². The van der Waals surface area contributed by atoms with Gasteiger partial charge in [0, 0.05) is 32.5 Å². The van der Waals surface area contributed by atoms with Crippen LogP contribution in [0.5, 0.6) is 0 Å². The summed E-state index contributed by atoms with van der Waals surface area (Å²) >= 11 is 0. The maximum atomic E-state index is 12.6. The standard InChI is InChI=1S/C18H24N4O2/c1-3-21-17(16-9-11-20(12-10-16)14(2)23)19-22(18(21)24)13-15-7-5-4-6-8-15/h4-8,16H,3,9-13H2,1-2H3. The summed E-state index contributed by atoms with van der Waals surface area (Å²) in [6, 6.07) is 9.90. The summed E-state index contributed by atoms with van der Waals surface area (Å²) in [5.41, 5.74) is 1.02. The van der Waals surface area contributed by atoms with Crippen molar-refractivity contribution in [2.24, 2.45) is 0 Å². The van der Waals surface area contributed by atoms with Crippen LogP contribution in [-0.4, -0.2) is 38.2 Å². The molecule has 0 N–H and O–H groups in total. The number of carbonyl (C=O) groups excluding carboxylic acids is 1. The van der Waals surface area contributed by atoms with Gasteiger partial charge in [-0.2, -0.15) is 5.10 Å². The molecule has 2 heterocycles. The average Bonchev–Trinajstić information content (AvgIpc) is 2.91. The van der Waals surface area contributed by atoms with Crippen LogP contribution < -0.4 is 5.69 Å². The van der Waals surface area contributed by atoms with E-state index < -0.39 is 0 Å². The van der Waals surface area contributed by atoms with Crippen LogP contribution in [0, 0.1) is 0 Å². The van der Waals surface area contributed by atoms with Gasteiger partial charge in [-0.25, -0.2) is 9.48 Å². The average molecular weight is 328 g/mol. The SMILES string of the molecule is CCn1c(C2CCN(C(C)=O)CC2)nn(Cc2ccccc2)c1=O. The number of hydrogen-bond acceptors (Lipinski definition) is 3. The van der Waals surface area contributed by atoms with Gasteiger partial charge in [-0.3, -0.25) is 9.36 Å². The summed E-state index contributed by atoms with van der Waals surface area (Å²) < 4.78 is 3.34. The first-order valence-corrected chi connectivity index (χ1v) is 8.57. The molecule has 1 aliphatic heterocycles. The molecule has 0 unspecified atom stereocenters. The molecule has 0 aliphatic carbocycles. The van der Waals surface area contributed by atoms with Crippen LogP contribution in [0.2, 0.25) is 0 Å². The molecule has 1 aliphatic rings. The smallest absolute Gasteiger partial charge is 0.343 e. The molecule has 1 saturated heterocycles. The molecule has 1 aromatic heterocycles. The minimum Gasteiger partial charge on any atom is -0.343 e. The zero-order valence-corrected chi connectivity index (χ0v) is 14.3. The summed E-state index contributed by atoms with van der Waals surface area (Å²) in [7, 11) is 0. The number of hydrogen-bond donors (Lipinski definition) is 0. The number of rotatable bonds is 4. The molecule has 0 saturated carbocycles. The van der Waals surface area contributed by atoms with Gasteiger partial charge in [0.1, 0.15) is 5.82 Å². The van der Waals surface area contributed by atoms with Gasteiger partial charge in [0.2, 0.25) is 5.91 Å². The lowest BCUT2D eigenvalue weighted by molar-refractivity contribution is -0.129. The predicted molar refractivity (Wildman–Crippen MR) is 91.9 cm³/mol. The number of aromatic nitrogens is 3. The van der Waals surface area contributed by atoms with Gasteiger partial charge in [0.25, 0.3) is 0 Å². The lowest BCUT2D eigenvalue weighted by Gasteiger charge is -2.30. The maximum Gasteiger partial charge on any atom is 0.346 e. The number of amides is 1. The van der Waals surface area contributed by atoms with E-state index in [0.29, 0.717) is 13.1 Å². The van der Waals surface area contributed by atoms with Crippen LogP contribution in [0.1, 0.15) is 44.0 Å². The van der Waals surface area contributed by atoms with Crippen molar-refractivity contribution in [3.05, 3.63) is 52.2 Å². The summed E-state index contributed by atoms with van der Waals surface area (Å²) in [5, 5.41) is 4.63. The zero-order chi connectivity index (χ0) is 17.1. The van der Waals surface area contributed by atoms with Crippen molar-refractivity contribution in [1.29, 1.82) is 0 Å². The van der Waals surface area contributed by atoms with E-state index in [2.05, 4.69) is 5.10 Å². The third-order valence-corrected chi connectivity index (χ3v) is 4.75. The molecular weight excluding hydrogens is 304 g/mol. The van der Waals surface area contributed by atoms with Crippen LogP contribution in [-0.2, 0) is 17.9 Å². The van der Waals surface area contributed by atoms with Gasteiger partial charge in [0.15, 0.2) is 0 Å². The van der Waals surface area contributed by atoms with Crippen LogP contribution in [0.15, 0.2) is 35.1 Å². The van der Waals surface area contributed by atoms with Crippen molar-refractivity contribution < 1.29 is 4.79 Å². The second-order valence-electron chi connectivity index (χ2n) is 6.31. The fraction of sp³-hybridized carbons (Fsp3) is 0.500. The largest absolute Gasteiger partial charge is 0.346 e. The van der Waals surface area contributed by atoms with Crippen LogP contribution >= 0.6 is 0 Å². The Hall–Kier alpha value is -2.37. The normalized spacial score (nSPS) is 15.7.